The molecule has 2 rings (SSSR count). The Morgan fingerprint density at radius 3 is 2.24 bits per heavy atom. The molecule has 2 aromatic carbocycles. The summed E-state index contributed by atoms with van der Waals surface area (Å²) in [5.41, 5.74) is -0.374. The van der Waals surface area contributed by atoms with Gasteiger partial charge in [-0.1, -0.05) is 34.1 Å². The minimum Gasteiger partial charge on any atom is -0.384 e. The molecule has 0 aliphatic rings. The number of alkyl halides is 3. The van der Waals surface area contributed by atoms with Crippen molar-refractivity contribution in [3.05, 3.63) is 68.9 Å². The summed E-state index contributed by atoms with van der Waals surface area (Å²) in [7, 11) is 0. The van der Waals surface area contributed by atoms with E-state index in [2.05, 4.69) is 15.9 Å². The molecule has 6 heteroatoms. The van der Waals surface area contributed by atoms with Crippen LogP contribution in [0.1, 0.15) is 28.4 Å². The van der Waals surface area contributed by atoms with Crippen LogP contribution < -0.4 is 0 Å². The summed E-state index contributed by atoms with van der Waals surface area (Å²) in [4.78, 5) is 0. The third-order valence-electron chi connectivity index (χ3n) is 3.07. The van der Waals surface area contributed by atoms with Crippen molar-refractivity contribution in [2.24, 2.45) is 0 Å². The molecule has 2 aromatic rings. The minimum absolute atomic E-state index is 0.290. The monoisotopic (exact) mass is 362 g/mol. The molecule has 0 saturated carbocycles. The van der Waals surface area contributed by atoms with E-state index in [9.17, 15) is 22.7 Å². The molecule has 21 heavy (non-hydrogen) atoms. The van der Waals surface area contributed by atoms with E-state index >= 15 is 0 Å². The van der Waals surface area contributed by atoms with E-state index in [0.717, 1.165) is 17.7 Å². The van der Waals surface area contributed by atoms with Gasteiger partial charge in [-0.25, -0.2) is 4.39 Å². The summed E-state index contributed by atoms with van der Waals surface area (Å²) < 4.78 is 52.5. The molecule has 0 saturated heterocycles. The summed E-state index contributed by atoms with van der Waals surface area (Å²) in [5, 5.41) is 10.2. The van der Waals surface area contributed by atoms with Crippen molar-refractivity contribution in [2.45, 2.75) is 19.2 Å². The fraction of sp³-hybridized carbons (Fsp3) is 0.200. The van der Waals surface area contributed by atoms with Crippen molar-refractivity contribution < 1.29 is 22.7 Å². The zero-order chi connectivity index (χ0) is 15.8. The zero-order valence-electron chi connectivity index (χ0n) is 10.9. The average Bonchev–Trinajstić information content (AvgIpc) is 2.37. The quantitative estimate of drug-likeness (QED) is 0.745. The molecule has 0 heterocycles. The molecule has 0 aliphatic carbocycles. The Labute approximate surface area is 127 Å². The molecule has 112 valence electrons. The molecule has 0 fully saturated rings. The summed E-state index contributed by atoms with van der Waals surface area (Å²) in [6, 6.07) is 7.15. The lowest BCUT2D eigenvalue weighted by molar-refractivity contribution is -0.139. The highest BCUT2D eigenvalue weighted by molar-refractivity contribution is 9.10. The number of aryl methyl sites for hydroxylation is 1. The Morgan fingerprint density at radius 2 is 1.67 bits per heavy atom. The number of benzene rings is 2. The van der Waals surface area contributed by atoms with Gasteiger partial charge in [0.1, 0.15) is 11.9 Å². The van der Waals surface area contributed by atoms with Crippen LogP contribution in [0.5, 0.6) is 0 Å². The first kappa shape index (κ1) is 16.0. The van der Waals surface area contributed by atoms with E-state index in [1.54, 1.807) is 12.1 Å². The van der Waals surface area contributed by atoms with Crippen molar-refractivity contribution in [1.29, 1.82) is 0 Å². The molecule has 0 aliphatic heterocycles. The van der Waals surface area contributed by atoms with Gasteiger partial charge in [-0.3, -0.25) is 0 Å². The van der Waals surface area contributed by atoms with Crippen molar-refractivity contribution >= 4 is 15.9 Å². The number of aliphatic hydroxyl groups excluding tert-OH is 1. The van der Waals surface area contributed by atoms with Gasteiger partial charge in [-0.15, -0.1) is 0 Å². The predicted octanol–water partition coefficient (Wildman–Crippen LogP) is 5.00. The zero-order valence-corrected chi connectivity index (χ0v) is 12.5. The second kappa shape index (κ2) is 5.77. The Kier molecular flexibility index (Phi) is 4.39. The van der Waals surface area contributed by atoms with E-state index in [4.69, 9.17) is 0 Å². The van der Waals surface area contributed by atoms with Crippen LogP contribution in [0, 0.1) is 12.7 Å². The highest BCUT2D eigenvalue weighted by Gasteiger charge is 2.36. The van der Waals surface area contributed by atoms with Crippen LogP contribution in [0.2, 0.25) is 0 Å². The molecule has 1 N–H and O–H groups in total. The molecule has 0 spiro atoms. The van der Waals surface area contributed by atoms with Gasteiger partial charge in [-0.2, -0.15) is 13.2 Å². The molecular weight excluding hydrogens is 352 g/mol. The van der Waals surface area contributed by atoms with Crippen LogP contribution in [-0.4, -0.2) is 5.11 Å². The Hall–Kier alpha value is -1.40. The number of hydrogen-bond acceptors (Lipinski definition) is 1. The summed E-state index contributed by atoms with van der Waals surface area (Å²) >= 11 is 3.22. The SMILES string of the molecule is Cc1ccc(C(O)c2ccc(F)cc2C(F)(F)F)c(Br)c1. The van der Waals surface area contributed by atoms with E-state index in [0.29, 0.717) is 10.5 Å². The number of hydrogen-bond donors (Lipinski definition) is 1. The molecule has 1 unspecified atom stereocenters. The van der Waals surface area contributed by atoms with Gasteiger partial charge in [-0.05, 0) is 41.8 Å². The first-order chi connectivity index (χ1) is 9.70. The largest absolute Gasteiger partial charge is 0.416 e. The van der Waals surface area contributed by atoms with Crippen molar-refractivity contribution in [3.8, 4) is 0 Å². The molecule has 0 amide bonds. The number of halogens is 5. The predicted molar refractivity (Wildman–Crippen MR) is 74.3 cm³/mol. The molecule has 0 radical (unpaired) electrons. The third-order valence-corrected chi connectivity index (χ3v) is 3.75. The molecule has 1 atom stereocenters. The smallest absolute Gasteiger partial charge is 0.384 e. The molecular formula is C15H11BrF4O. The topological polar surface area (TPSA) is 20.2 Å². The van der Waals surface area contributed by atoms with Crippen LogP contribution in [0.3, 0.4) is 0 Å². The van der Waals surface area contributed by atoms with Crippen LogP contribution in [-0.2, 0) is 6.18 Å². The van der Waals surface area contributed by atoms with Crippen molar-refractivity contribution in [3.63, 3.8) is 0 Å². The maximum atomic E-state index is 13.1. The van der Waals surface area contributed by atoms with E-state index in [1.165, 1.54) is 6.07 Å². The molecule has 0 aromatic heterocycles. The maximum Gasteiger partial charge on any atom is 0.416 e. The average molecular weight is 363 g/mol. The first-order valence-electron chi connectivity index (χ1n) is 6.01. The third kappa shape index (κ3) is 3.44. The minimum atomic E-state index is -4.74. The Morgan fingerprint density at radius 1 is 1.05 bits per heavy atom. The van der Waals surface area contributed by atoms with Crippen LogP contribution in [0.15, 0.2) is 40.9 Å². The Bertz CT molecular complexity index is 667. The highest BCUT2D eigenvalue weighted by Crippen LogP contribution is 2.38. The van der Waals surface area contributed by atoms with Crippen LogP contribution in [0.4, 0.5) is 17.6 Å². The maximum absolute atomic E-state index is 13.1. The lowest BCUT2D eigenvalue weighted by Crippen LogP contribution is -2.13. The van der Waals surface area contributed by atoms with Gasteiger partial charge < -0.3 is 5.11 Å². The molecule has 0 bridgehead atoms. The van der Waals surface area contributed by atoms with E-state index in [-0.39, 0.29) is 11.1 Å². The number of rotatable bonds is 2. The van der Waals surface area contributed by atoms with Gasteiger partial charge >= 0.3 is 6.18 Å². The fourth-order valence-electron chi connectivity index (χ4n) is 2.03. The van der Waals surface area contributed by atoms with Gasteiger partial charge in [0.2, 0.25) is 0 Å². The van der Waals surface area contributed by atoms with Gasteiger partial charge in [0.05, 0.1) is 5.56 Å². The van der Waals surface area contributed by atoms with Gasteiger partial charge in [0.15, 0.2) is 0 Å². The van der Waals surface area contributed by atoms with Gasteiger partial charge in [0, 0.05) is 4.47 Å². The second-order valence-corrected chi connectivity index (χ2v) is 5.51. The van der Waals surface area contributed by atoms with Crippen molar-refractivity contribution in [1.82, 2.24) is 0 Å². The number of aliphatic hydroxyl groups is 1. The van der Waals surface area contributed by atoms with Crippen molar-refractivity contribution in [2.75, 3.05) is 0 Å². The van der Waals surface area contributed by atoms with Crippen LogP contribution in [0.25, 0.3) is 0 Å². The summed E-state index contributed by atoms with van der Waals surface area (Å²) in [5.74, 6) is -0.999. The van der Waals surface area contributed by atoms with Gasteiger partial charge in [0.25, 0.3) is 0 Å². The van der Waals surface area contributed by atoms with Crippen LogP contribution >= 0.6 is 15.9 Å². The fourth-order valence-corrected chi connectivity index (χ4v) is 2.74. The standard InChI is InChI=1S/C15H11BrF4O/c1-8-2-4-11(13(16)6-8)14(21)10-5-3-9(17)7-12(10)15(18,19)20/h2-7,14,21H,1H3. The lowest BCUT2D eigenvalue weighted by Gasteiger charge is -2.19. The summed E-state index contributed by atoms with van der Waals surface area (Å²) in [6.45, 7) is 1.82. The van der Waals surface area contributed by atoms with E-state index in [1.807, 2.05) is 6.92 Å². The second-order valence-electron chi connectivity index (χ2n) is 4.66. The Balaban J connectivity index is 2.55. The first-order valence-corrected chi connectivity index (χ1v) is 6.80. The summed E-state index contributed by atoms with van der Waals surface area (Å²) in [6.07, 6.45) is -6.24. The van der Waals surface area contributed by atoms with E-state index < -0.39 is 23.7 Å². The lowest BCUT2D eigenvalue weighted by atomic mass is 9.96. The highest BCUT2D eigenvalue weighted by atomic mass is 79.9. The normalized spacial score (nSPS) is 13.3. The molecule has 1 nitrogen and oxygen atoms in total.